The summed E-state index contributed by atoms with van der Waals surface area (Å²) in [4.78, 5) is 14.3. The number of carbonyl (C=O) groups is 1. The van der Waals surface area contributed by atoms with Crippen LogP contribution >= 0.6 is 0 Å². The van der Waals surface area contributed by atoms with E-state index in [1.54, 1.807) is 0 Å². The normalized spacial score (nSPS) is 14.0. The summed E-state index contributed by atoms with van der Waals surface area (Å²) in [5.41, 5.74) is 3.84. The number of hydrogen-bond donors (Lipinski definition) is 0. The molecule has 1 aliphatic rings. The van der Waals surface area contributed by atoms with Crippen molar-refractivity contribution >= 4 is 5.91 Å². The van der Waals surface area contributed by atoms with Crippen molar-refractivity contribution in [3.8, 4) is 0 Å². The molecule has 1 amide bonds. The van der Waals surface area contributed by atoms with Crippen LogP contribution in [0.1, 0.15) is 30.2 Å². The lowest BCUT2D eigenvalue weighted by Gasteiger charge is -2.28. The second kappa shape index (κ2) is 6.17. The van der Waals surface area contributed by atoms with Gasteiger partial charge in [0.1, 0.15) is 0 Å². The maximum atomic E-state index is 12.3. The average Bonchev–Trinajstić information content (AvgIpc) is 3.00. The summed E-state index contributed by atoms with van der Waals surface area (Å²) in [6, 6.07) is 12.8. The zero-order valence-electron chi connectivity index (χ0n) is 12.6. The topological polar surface area (TPSA) is 25.2 Å². The van der Waals surface area contributed by atoms with Crippen LogP contribution < -0.4 is 0 Å². The Morgan fingerprint density at radius 2 is 1.86 bits per heavy atom. The van der Waals surface area contributed by atoms with E-state index in [0.29, 0.717) is 6.42 Å². The minimum absolute atomic E-state index is 0.266. The summed E-state index contributed by atoms with van der Waals surface area (Å²) in [5, 5.41) is 0. The van der Waals surface area contributed by atoms with Crippen molar-refractivity contribution < 1.29 is 4.79 Å². The minimum Gasteiger partial charge on any atom is -0.348 e. The molecular formula is C18H22N2O. The molecule has 3 rings (SSSR count). The molecule has 0 saturated heterocycles. The molecule has 1 aromatic heterocycles. The molecule has 0 spiro atoms. The predicted molar refractivity (Wildman–Crippen MR) is 84.0 cm³/mol. The van der Waals surface area contributed by atoms with E-state index >= 15 is 0 Å². The third-order valence-corrected chi connectivity index (χ3v) is 4.30. The van der Waals surface area contributed by atoms with Crippen LogP contribution in [0.5, 0.6) is 0 Å². The summed E-state index contributed by atoms with van der Waals surface area (Å²) in [6.07, 6.45) is 4.59. The third-order valence-electron chi connectivity index (χ3n) is 4.30. The van der Waals surface area contributed by atoms with Gasteiger partial charge in [0.05, 0.1) is 6.54 Å². The molecule has 2 aromatic rings. The Hall–Kier alpha value is -2.03. The van der Waals surface area contributed by atoms with Gasteiger partial charge in [-0.05, 0) is 36.1 Å². The van der Waals surface area contributed by atoms with E-state index in [1.807, 2.05) is 4.90 Å². The highest BCUT2D eigenvalue weighted by Gasteiger charge is 2.19. The number of rotatable bonds is 4. The first-order valence-electron chi connectivity index (χ1n) is 7.76. The number of nitrogens with zero attached hydrogens (tertiary/aromatic N) is 2. The van der Waals surface area contributed by atoms with Gasteiger partial charge in [0.25, 0.3) is 0 Å². The van der Waals surface area contributed by atoms with Gasteiger partial charge >= 0.3 is 0 Å². The van der Waals surface area contributed by atoms with Crippen molar-refractivity contribution in [2.24, 2.45) is 0 Å². The Bertz CT molecular complexity index is 612. The van der Waals surface area contributed by atoms with Crippen LogP contribution in [0.15, 0.2) is 42.6 Å². The Morgan fingerprint density at radius 1 is 1.10 bits per heavy atom. The molecule has 110 valence electrons. The van der Waals surface area contributed by atoms with Crippen LogP contribution in [0.25, 0.3) is 0 Å². The van der Waals surface area contributed by atoms with E-state index in [0.717, 1.165) is 32.5 Å². The predicted octanol–water partition coefficient (Wildman–Crippen LogP) is 3.03. The van der Waals surface area contributed by atoms with Gasteiger partial charge in [-0.1, -0.05) is 31.2 Å². The first-order chi connectivity index (χ1) is 10.3. The molecule has 0 N–H and O–H groups in total. The van der Waals surface area contributed by atoms with Gasteiger partial charge in [-0.3, -0.25) is 4.79 Å². The molecule has 0 unspecified atom stereocenters. The number of aromatic nitrogens is 1. The Balaban J connectivity index is 1.54. The van der Waals surface area contributed by atoms with Gasteiger partial charge in [0.15, 0.2) is 0 Å². The van der Waals surface area contributed by atoms with E-state index in [4.69, 9.17) is 0 Å². The maximum Gasteiger partial charge on any atom is 0.223 e. The summed E-state index contributed by atoms with van der Waals surface area (Å²) in [7, 11) is 0. The van der Waals surface area contributed by atoms with Crippen molar-refractivity contribution in [3.63, 3.8) is 0 Å². The van der Waals surface area contributed by atoms with E-state index in [2.05, 4.69) is 54.1 Å². The second-order valence-electron chi connectivity index (χ2n) is 5.68. The number of hydrogen-bond acceptors (Lipinski definition) is 1. The van der Waals surface area contributed by atoms with Crippen LogP contribution in [0, 0.1) is 0 Å². The largest absolute Gasteiger partial charge is 0.348 e. The van der Waals surface area contributed by atoms with Crippen molar-refractivity contribution in [2.75, 3.05) is 6.54 Å². The Morgan fingerprint density at radius 3 is 2.62 bits per heavy atom. The fourth-order valence-electron chi connectivity index (χ4n) is 2.88. The molecule has 0 aliphatic carbocycles. The molecule has 0 bridgehead atoms. The molecule has 3 nitrogen and oxygen atoms in total. The second-order valence-corrected chi connectivity index (χ2v) is 5.68. The van der Waals surface area contributed by atoms with Crippen molar-refractivity contribution in [1.29, 1.82) is 0 Å². The first-order valence-corrected chi connectivity index (χ1v) is 7.76. The van der Waals surface area contributed by atoms with Crippen LogP contribution in [-0.4, -0.2) is 21.9 Å². The lowest BCUT2D eigenvalue weighted by Crippen LogP contribution is -2.37. The SMILES string of the molecule is CCc1ccc(CCC(=O)N2CCn3cccc3C2)cc1. The van der Waals surface area contributed by atoms with Gasteiger partial charge in [-0.25, -0.2) is 0 Å². The monoisotopic (exact) mass is 282 g/mol. The first kappa shape index (κ1) is 13.9. The minimum atomic E-state index is 0.266. The van der Waals surface area contributed by atoms with Crippen molar-refractivity contribution in [3.05, 3.63) is 59.4 Å². The highest BCUT2D eigenvalue weighted by Crippen LogP contribution is 2.15. The van der Waals surface area contributed by atoms with E-state index in [1.165, 1.54) is 16.8 Å². The quantitative estimate of drug-likeness (QED) is 0.846. The molecule has 0 radical (unpaired) electrons. The number of fused-ring (bicyclic) bond motifs is 1. The lowest BCUT2D eigenvalue weighted by molar-refractivity contribution is -0.132. The fraction of sp³-hybridized carbons (Fsp3) is 0.389. The number of carbonyl (C=O) groups excluding carboxylic acids is 1. The highest BCUT2D eigenvalue weighted by atomic mass is 16.2. The molecule has 1 aromatic carbocycles. The zero-order valence-corrected chi connectivity index (χ0v) is 12.6. The molecule has 0 fully saturated rings. The third kappa shape index (κ3) is 3.18. The molecule has 0 atom stereocenters. The molecule has 0 saturated carbocycles. The van der Waals surface area contributed by atoms with Crippen LogP contribution in [0.2, 0.25) is 0 Å². The molecule has 3 heteroatoms. The van der Waals surface area contributed by atoms with Crippen LogP contribution in [0.4, 0.5) is 0 Å². The van der Waals surface area contributed by atoms with Gasteiger partial charge in [-0.2, -0.15) is 0 Å². The number of benzene rings is 1. The standard InChI is InChI=1S/C18H22N2O/c1-2-15-5-7-16(8-6-15)9-10-18(21)20-13-12-19-11-3-4-17(19)14-20/h3-8,11H,2,9-10,12-14H2,1H3. The summed E-state index contributed by atoms with van der Waals surface area (Å²) >= 11 is 0. The maximum absolute atomic E-state index is 12.3. The summed E-state index contributed by atoms with van der Waals surface area (Å²) in [5.74, 6) is 0.266. The number of amides is 1. The van der Waals surface area contributed by atoms with Crippen LogP contribution in [0.3, 0.4) is 0 Å². The van der Waals surface area contributed by atoms with E-state index < -0.39 is 0 Å². The van der Waals surface area contributed by atoms with Gasteiger partial charge in [0.2, 0.25) is 5.91 Å². The Kier molecular flexibility index (Phi) is 4.09. The molecular weight excluding hydrogens is 260 g/mol. The Labute approximate surface area is 126 Å². The molecule has 21 heavy (non-hydrogen) atoms. The van der Waals surface area contributed by atoms with E-state index in [-0.39, 0.29) is 5.91 Å². The molecule has 1 aliphatic heterocycles. The van der Waals surface area contributed by atoms with Crippen molar-refractivity contribution in [2.45, 2.75) is 39.3 Å². The zero-order chi connectivity index (χ0) is 14.7. The average molecular weight is 282 g/mol. The fourth-order valence-corrected chi connectivity index (χ4v) is 2.88. The van der Waals surface area contributed by atoms with Crippen LogP contribution in [-0.2, 0) is 30.7 Å². The van der Waals surface area contributed by atoms with E-state index in [9.17, 15) is 4.79 Å². The smallest absolute Gasteiger partial charge is 0.223 e. The lowest BCUT2D eigenvalue weighted by atomic mass is 10.1. The summed E-state index contributed by atoms with van der Waals surface area (Å²) < 4.78 is 2.23. The number of aryl methyl sites for hydroxylation is 2. The summed E-state index contributed by atoms with van der Waals surface area (Å²) in [6.45, 7) is 4.65. The van der Waals surface area contributed by atoms with Gasteiger partial charge in [-0.15, -0.1) is 0 Å². The molecule has 2 heterocycles. The van der Waals surface area contributed by atoms with Gasteiger partial charge in [0, 0.05) is 31.4 Å². The highest BCUT2D eigenvalue weighted by molar-refractivity contribution is 5.76. The van der Waals surface area contributed by atoms with Crippen molar-refractivity contribution in [1.82, 2.24) is 9.47 Å². The van der Waals surface area contributed by atoms with Gasteiger partial charge < -0.3 is 9.47 Å².